The molecule has 0 radical (unpaired) electrons. The molecule has 0 fully saturated rings. The fraction of sp³-hybridized carbons (Fsp3) is 0.700. The molecular formula is C10H19NO. The number of nitrogens with zero attached hydrogens (tertiary/aromatic N) is 1. The third-order valence-corrected chi connectivity index (χ3v) is 1.68. The quantitative estimate of drug-likeness (QED) is 0.325. The van der Waals surface area contributed by atoms with Crippen LogP contribution in [0.2, 0.25) is 0 Å². The van der Waals surface area contributed by atoms with Crippen molar-refractivity contribution in [3.05, 3.63) is 12.2 Å². The van der Waals surface area contributed by atoms with Crippen LogP contribution in [0.3, 0.4) is 0 Å². The van der Waals surface area contributed by atoms with E-state index in [-0.39, 0.29) is 0 Å². The topological polar surface area (TPSA) is 20.3 Å². The predicted molar refractivity (Wildman–Crippen MR) is 52.0 cm³/mol. The van der Waals surface area contributed by atoms with E-state index in [9.17, 15) is 4.79 Å². The highest BCUT2D eigenvalue weighted by molar-refractivity contribution is 5.46. The second-order valence-corrected chi connectivity index (χ2v) is 2.99. The summed E-state index contributed by atoms with van der Waals surface area (Å²) in [6.45, 7) is 3.03. The molecule has 0 unspecified atom stereocenters. The molecule has 0 aliphatic rings. The van der Waals surface area contributed by atoms with Crippen molar-refractivity contribution in [3.8, 4) is 0 Å². The molecule has 1 amide bonds. The van der Waals surface area contributed by atoms with E-state index in [1.54, 1.807) is 4.90 Å². The lowest BCUT2D eigenvalue weighted by molar-refractivity contribution is -0.117. The first kappa shape index (κ1) is 11.2. The molecule has 0 aromatic heterocycles. The van der Waals surface area contributed by atoms with Crippen molar-refractivity contribution >= 4 is 6.41 Å². The standard InChI is InChI=1S/C10H19NO/c1-3-4-5-6-7-8-9-11(2)10-12/h5-6,10H,3-4,7-9H2,1-2H3. The van der Waals surface area contributed by atoms with Crippen LogP contribution in [0.5, 0.6) is 0 Å². The van der Waals surface area contributed by atoms with E-state index < -0.39 is 0 Å². The van der Waals surface area contributed by atoms with E-state index >= 15 is 0 Å². The van der Waals surface area contributed by atoms with Gasteiger partial charge >= 0.3 is 0 Å². The average Bonchev–Trinajstić information content (AvgIpc) is 2.10. The van der Waals surface area contributed by atoms with E-state index in [0.717, 1.165) is 25.8 Å². The van der Waals surface area contributed by atoms with Crippen LogP contribution in [0.4, 0.5) is 0 Å². The fourth-order valence-corrected chi connectivity index (χ4v) is 0.914. The number of hydrogen-bond acceptors (Lipinski definition) is 1. The molecule has 0 saturated heterocycles. The molecule has 0 spiro atoms. The first-order valence-electron chi connectivity index (χ1n) is 4.61. The third kappa shape index (κ3) is 7.32. The second-order valence-electron chi connectivity index (χ2n) is 2.99. The monoisotopic (exact) mass is 169 g/mol. The number of allylic oxidation sites excluding steroid dienone is 2. The number of carbonyl (C=O) groups excluding carboxylic acids is 1. The molecule has 0 saturated carbocycles. The summed E-state index contributed by atoms with van der Waals surface area (Å²) in [5.41, 5.74) is 0. The minimum Gasteiger partial charge on any atom is -0.348 e. The molecule has 0 aromatic carbocycles. The second kappa shape index (κ2) is 8.31. The summed E-state index contributed by atoms with van der Waals surface area (Å²) in [4.78, 5) is 11.9. The SMILES string of the molecule is CCCC=CCCCN(C)C=O. The molecule has 12 heavy (non-hydrogen) atoms. The summed E-state index contributed by atoms with van der Waals surface area (Å²) < 4.78 is 0. The maximum Gasteiger partial charge on any atom is 0.209 e. The first-order valence-corrected chi connectivity index (χ1v) is 4.61. The lowest BCUT2D eigenvalue weighted by Gasteiger charge is -2.07. The number of unbranched alkanes of at least 4 members (excludes halogenated alkanes) is 2. The zero-order valence-electron chi connectivity index (χ0n) is 8.12. The zero-order chi connectivity index (χ0) is 9.23. The number of carbonyl (C=O) groups is 1. The van der Waals surface area contributed by atoms with Gasteiger partial charge in [-0.05, 0) is 19.3 Å². The molecule has 0 atom stereocenters. The summed E-state index contributed by atoms with van der Waals surface area (Å²) in [7, 11) is 1.81. The first-order chi connectivity index (χ1) is 5.81. The molecule has 70 valence electrons. The van der Waals surface area contributed by atoms with Gasteiger partial charge in [-0.15, -0.1) is 0 Å². The summed E-state index contributed by atoms with van der Waals surface area (Å²) in [6.07, 6.45) is 9.81. The molecule has 0 aliphatic carbocycles. The van der Waals surface area contributed by atoms with Gasteiger partial charge in [-0.3, -0.25) is 4.79 Å². The van der Waals surface area contributed by atoms with Crippen LogP contribution in [0.15, 0.2) is 12.2 Å². The zero-order valence-corrected chi connectivity index (χ0v) is 8.12. The summed E-state index contributed by atoms with van der Waals surface area (Å²) in [5.74, 6) is 0. The molecule has 2 nitrogen and oxygen atoms in total. The van der Waals surface area contributed by atoms with Crippen LogP contribution < -0.4 is 0 Å². The molecule has 0 bridgehead atoms. The third-order valence-electron chi connectivity index (χ3n) is 1.68. The Bertz CT molecular complexity index is 132. The largest absolute Gasteiger partial charge is 0.348 e. The van der Waals surface area contributed by atoms with Gasteiger partial charge in [0.15, 0.2) is 0 Å². The lowest BCUT2D eigenvalue weighted by atomic mass is 10.2. The Hall–Kier alpha value is -0.790. The maximum atomic E-state index is 10.2. The van der Waals surface area contributed by atoms with Gasteiger partial charge in [0, 0.05) is 13.6 Å². The highest BCUT2D eigenvalue weighted by Gasteiger charge is 1.89. The Morgan fingerprint density at radius 1 is 1.25 bits per heavy atom. The minimum atomic E-state index is 0.861. The predicted octanol–water partition coefficient (Wildman–Crippen LogP) is 2.21. The van der Waals surface area contributed by atoms with Crippen molar-refractivity contribution in [2.75, 3.05) is 13.6 Å². The number of hydrogen-bond donors (Lipinski definition) is 0. The highest BCUT2D eigenvalue weighted by Crippen LogP contribution is 1.95. The van der Waals surface area contributed by atoms with E-state index in [4.69, 9.17) is 0 Å². The van der Waals surface area contributed by atoms with Gasteiger partial charge in [-0.2, -0.15) is 0 Å². The van der Waals surface area contributed by atoms with Crippen LogP contribution in [-0.2, 0) is 4.79 Å². The number of rotatable bonds is 7. The summed E-state index contributed by atoms with van der Waals surface area (Å²) in [6, 6.07) is 0. The number of amides is 1. The maximum absolute atomic E-state index is 10.2. The van der Waals surface area contributed by atoms with Gasteiger partial charge in [0.05, 0.1) is 0 Å². The van der Waals surface area contributed by atoms with Crippen molar-refractivity contribution in [2.24, 2.45) is 0 Å². The highest BCUT2D eigenvalue weighted by atomic mass is 16.1. The molecule has 0 aliphatic heterocycles. The Morgan fingerprint density at radius 2 is 1.92 bits per heavy atom. The Labute approximate surface area is 75.3 Å². The van der Waals surface area contributed by atoms with E-state index in [1.807, 2.05) is 7.05 Å². The Balaban J connectivity index is 3.14. The summed E-state index contributed by atoms with van der Waals surface area (Å²) in [5, 5.41) is 0. The average molecular weight is 169 g/mol. The van der Waals surface area contributed by atoms with Gasteiger partial charge in [0.1, 0.15) is 0 Å². The van der Waals surface area contributed by atoms with Crippen LogP contribution in [-0.4, -0.2) is 24.9 Å². The van der Waals surface area contributed by atoms with E-state index in [0.29, 0.717) is 0 Å². The molecule has 0 heterocycles. The molecule has 0 aromatic rings. The van der Waals surface area contributed by atoms with Crippen LogP contribution in [0.1, 0.15) is 32.6 Å². The van der Waals surface area contributed by atoms with Gasteiger partial charge in [0.2, 0.25) is 6.41 Å². The summed E-state index contributed by atoms with van der Waals surface area (Å²) >= 11 is 0. The van der Waals surface area contributed by atoms with Crippen LogP contribution in [0.25, 0.3) is 0 Å². The van der Waals surface area contributed by atoms with Crippen molar-refractivity contribution in [1.29, 1.82) is 0 Å². The van der Waals surface area contributed by atoms with Crippen LogP contribution >= 0.6 is 0 Å². The van der Waals surface area contributed by atoms with Gasteiger partial charge < -0.3 is 4.90 Å². The van der Waals surface area contributed by atoms with Crippen molar-refractivity contribution in [3.63, 3.8) is 0 Å². The Morgan fingerprint density at radius 3 is 2.50 bits per heavy atom. The van der Waals surface area contributed by atoms with E-state index in [2.05, 4.69) is 19.1 Å². The van der Waals surface area contributed by atoms with Crippen molar-refractivity contribution in [1.82, 2.24) is 4.90 Å². The van der Waals surface area contributed by atoms with Gasteiger partial charge in [0.25, 0.3) is 0 Å². The van der Waals surface area contributed by atoms with Crippen molar-refractivity contribution < 1.29 is 4.79 Å². The fourth-order valence-electron chi connectivity index (χ4n) is 0.914. The Kier molecular flexibility index (Phi) is 7.76. The van der Waals surface area contributed by atoms with Gasteiger partial charge in [-0.1, -0.05) is 25.5 Å². The van der Waals surface area contributed by atoms with Crippen LogP contribution in [0, 0.1) is 0 Å². The molecule has 0 rings (SSSR count). The van der Waals surface area contributed by atoms with Gasteiger partial charge in [-0.25, -0.2) is 0 Å². The van der Waals surface area contributed by atoms with E-state index in [1.165, 1.54) is 12.8 Å². The molecule has 2 heteroatoms. The van der Waals surface area contributed by atoms with Crippen molar-refractivity contribution in [2.45, 2.75) is 32.6 Å². The molecular weight excluding hydrogens is 150 g/mol. The normalized spacial score (nSPS) is 10.5. The smallest absolute Gasteiger partial charge is 0.209 e. The lowest BCUT2D eigenvalue weighted by Crippen LogP contribution is -2.16. The minimum absolute atomic E-state index is 0.861. The molecule has 0 N–H and O–H groups in total.